The van der Waals surface area contributed by atoms with Crippen LogP contribution in [0.15, 0.2) is 17.0 Å². The van der Waals surface area contributed by atoms with Gasteiger partial charge >= 0.3 is 5.97 Å². The maximum Gasteiger partial charge on any atom is 0.337 e. The van der Waals surface area contributed by atoms with Crippen molar-refractivity contribution < 1.29 is 18.3 Å². The standard InChI is InChI=1S/C12H14Cl2O4S/c1-3-7(2)6-19(17,18)11-4-8(12(15)16)9(13)5-10(11)14/h4-5,7H,3,6H2,1-2H3,(H,15,16). The molecule has 0 aliphatic heterocycles. The number of hydrogen-bond donors (Lipinski definition) is 1. The molecular weight excluding hydrogens is 311 g/mol. The van der Waals surface area contributed by atoms with Crippen LogP contribution in [-0.2, 0) is 9.84 Å². The van der Waals surface area contributed by atoms with Gasteiger partial charge in [-0.3, -0.25) is 0 Å². The monoisotopic (exact) mass is 324 g/mol. The number of benzene rings is 1. The van der Waals surface area contributed by atoms with Crippen LogP contribution in [0.2, 0.25) is 10.0 Å². The molecule has 0 aliphatic carbocycles. The molecule has 1 rings (SSSR count). The fourth-order valence-corrected chi connectivity index (χ4v) is 4.15. The highest BCUT2D eigenvalue weighted by atomic mass is 35.5. The molecule has 0 saturated carbocycles. The van der Waals surface area contributed by atoms with E-state index >= 15 is 0 Å². The van der Waals surface area contributed by atoms with Crippen LogP contribution < -0.4 is 0 Å². The van der Waals surface area contributed by atoms with E-state index in [2.05, 4.69) is 0 Å². The molecule has 1 aromatic rings. The first-order chi connectivity index (χ1) is 8.69. The first-order valence-electron chi connectivity index (χ1n) is 5.64. The first kappa shape index (κ1) is 16.3. The average Bonchev–Trinajstić information content (AvgIpc) is 2.27. The molecule has 0 aliphatic rings. The van der Waals surface area contributed by atoms with Crippen molar-refractivity contribution in [3.63, 3.8) is 0 Å². The number of hydrogen-bond acceptors (Lipinski definition) is 3. The van der Waals surface area contributed by atoms with Crippen molar-refractivity contribution in [2.24, 2.45) is 5.92 Å². The molecule has 0 heterocycles. The second kappa shape index (κ2) is 6.11. The molecule has 0 saturated heterocycles. The van der Waals surface area contributed by atoms with Crippen molar-refractivity contribution >= 4 is 39.0 Å². The Kier molecular flexibility index (Phi) is 5.24. The van der Waals surface area contributed by atoms with Crippen LogP contribution >= 0.6 is 23.2 Å². The maximum atomic E-state index is 12.2. The Bertz CT molecular complexity index is 596. The normalized spacial score (nSPS) is 13.3. The van der Waals surface area contributed by atoms with E-state index in [9.17, 15) is 13.2 Å². The van der Waals surface area contributed by atoms with Crippen LogP contribution in [0.3, 0.4) is 0 Å². The average molecular weight is 325 g/mol. The van der Waals surface area contributed by atoms with Crippen molar-refractivity contribution in [1.82, 2.24) is 0 Å². The molecule has 1 atom stereocenters. The van der Waals surface area contributed by atoms with E-state index in [-0.39, 0.29) is 32.2 Å². The molecule has 1 aromatic carbocycles. The number of carbonyl (C=O) groups is 1. The van der Waals surface area contributed by atoms with Gasteiger partial charge in [0.1, 0.15) is 0 Å². The maximum absolute atomic E-state index is 12.2. The fraction of sp³-hybridized carbons (Fsp3) is 0.417. The molecule has 0 bridgehead atoms. The van der Waals surface area contributed by atoms with Gasteiger partial charge in [-0.15, -0.1) is 0 Å². The number of rotatable bonds is 5. The molecular formula is C12H14Cl2O4S. The van der Waals surface area contributed by atoms with Gasteiger partial charge < -0.3 is 5.11 Å². The Morgan fingerprint density at radius 3 is 2.37 bits per heavy atom. The highest BCUT2D eigenvalue weighted by Crippen LogP contribution is 2.30. The zero-order chi connectivity index (χ0) is 14.8. The Morgan fingerprint density at radius 2 is 1.89 bits per heavy atom. The number of carboxylic acid groups (broad SMARTS) is 1. The second-order valence-electron chi connectivity index (χ2n) is 4.36. The summed E-state index contributed by atoms with van der Waals surface area (Å²) in [5, 5.41) is 8.81. The Morgan fingerprint density at radius 1 is 1.32 bits per heavy atom. The second-order valence-corrected chi connectivity index (χ2v) is 7.18. The van der Waals surface area contributed by atoms with Gasteiger partial charge in [0.2, 0.25) is 0 Å². The van der Waals surface area contributed by atoms with Crippen molar-refractivity contribution in [1.29, 1.82) is 0 Å². The third-order valence-electron chi connectivity index (χ3n) is 2.79. The molecule has 0 aromatic heterocycles. The minimum absolute atomic E-state index is 0.0370. The van der Waals surface area contributed by atoms with Crippen molar-refractivity contribution in [3.8, 4) is 0 Å². The largest absolute Gasteiger partial charge is 0.478 e. The Labute approximate surface area is 122 Å². The topological polar surface area (TPSA) is 71.4 Å². The van der Waals surface area contributed by atoms with E-state index in [1.54, 1.807) is 6.92 Å². The third-order valence-corrected chi connectivity index (χ3v) is 5.54. The SMILES string of the molecule is CCC(C)CS(=O)(=O)c1cc(C(=O)O)c(Cl)cc1Cl. The quantitative estimate of drug-likeness (QED) is 0.899. The van der Waals surface area contributed by atoms with Crippen molar-refractivity contribution in [3.05, 3.63) is 27.7 Å². The predicted molar refractivity (Wildman–Crippen MR) is 74.9 cm³/mol. The summed E-state index contributed by atoms with van der Waals surface area (Å²) in [6, 6.07) is 2.17. The zero-order valence-corrected chi connectivity index (χ0v) is 12.8. The summed E-state index contributed by atoms with van der Waals surface area (Å²) in [6.07, 6.45) is 0.705. The van der Waals surface area contributed by atoms with Gasteiger partial charge in [-0.05, 0) is 18.1 Å². The summed E-state index contributed by atoms with van der Waals surface area (Å²) in [7, 11) is -3.63. The summed E-state index contributed by atoms with van der Waals surface area (Å²) in [6.45, 7) is 3.69. The summed E-state index contributed by atoms with van der Waals surface area (Å²) < 4.78 is 24.4. The minimum atomic E-state index is -3.63. The van der Waals surface area contributed by atoms with Crippen LogP contribution in [-0.4, -0.2) is 25.2 Å². The van der Waals surface area contributed by atoms with Gasteiger partial charge in [0.15, 0.2) is 9.84 Å². The lowest BCUT2D eigenvalue weighted by atomic mass is 10.2. The summed E-state index contributed by atoms with van der Waals surface area (Å²) in [4.78, 5) is 10.8. The summed E-state index contributed by atoms with van der Waals surface area (Å²) in [5.41, 5.74) is -0.270. The molecule has 1 unspecified atom stereocenters. The third kappa shape index (κ3) is 3.84. The van der Waals surface area contributed by atoms with E-state index < -0.39 is 15.8 Å². The highest BCUT2D eigenvalue weighted by molar-refractivity contribution is 7.91. The predicted octanol–water partition coefficient (Wildman–Crippen LogP) is 3.51. The molecule has 0 amide bonds. The van der Waals surface area contributed by atoms with Gasteiger partial charge in [0.05, 0.1) is 26.3 Å². The van der Waals surface area contributed by atoms with Gasteiger partial charge in [-0.2, -0.15) is 0 Å². The molecule has 4 nitrogen and oxygen atoms in total. The van der Waals surface area contributed by atoms with Gasteiger partial charge in [-0.25, -0.2) is 13.2 Å². The lowest BCUT2D eigenvalue weighted by Gasteiger charge is -2.12. The van der Waals surface area contributed by atoms with Crippen LogP contribution in [0.25, 0.3) is 0 Å². The van der Waals surface area contributed by atoms with Crippen LogP contribution in [0, 0.1) is 5.92 Å². The van der Waals surface area contributed by atoms with Gasteiger partial charge in [-0.1, -0.05) is 43.5 Å². The fourth-order valence-electron chi connectivity index (χ4n) is 1.51. The smallest absolute Gasteiger partial charge is 0.337 e. The van der Waals surface area contributed by atoms with Gasteiger partial charge in [0.25, 0.3) is 0 Å². The van der Waals surface area contributed by atoms with Crippen molar-refractivity contribution in [2.75, 3.05) is 5.75 Å². The molecule has 0 fully saturated rings. The number of aromatic carboxylic acids is 1. The van der Waals surface area contributed by atoms with E-state index in [1.807, 2.05) is 6.92 Å². The van der Waals surface area contributed by atoms with E-state index in [1.165, 1.54) is 0 Å². The van der Waals surface area contributed by atoms with Crippen LogP contribution in [0.1, 0.15) is 30.6 Å². The lowest BCUT2D eigenvalue weighted by Crippen LogP contribution is -2.15. The summed E-state index contributed by atoms with van der Waals surface area (Å²) >= 11 is 11.6. The number of carboxylic acids is 1. The Balaban J connectivity index is 3.34. The number of sulfone groups is 1. The summed E-state index contributed by atoms with van der Waals surface area (Å²) in [5.74, 6) is -1.41. The molecule has 19 heavy (non-hydrogen) atoms. The van der Waals surface area contributed by atoms with Crippen LogP contribution in [0.4, 0.5) is 0 Å². The lowest BCUT2D eigenvalue weighted by molar-refractivity contribution is 0.0697. The minimum Gasteiger partial charge on any atom is -0.478 e. The van der Waals surface area contributed by atoms with Crippen molar-refractivity contribution in [2.45, 2.75) is 25.2 Å². The molecule has 106 valence electrons. The van der Waals surface area contributed by atoms with Crippen LogP contribution in [0.5, 0.6) is 0 Å². The molecule has 7 heteroatoms. The van der Waals surface area contributed by atoms with Gasteiger partial charge in [0, 0.05) is 0 Å². The molecule has 1 N–H and O–H groups in total. The zero-order valence-electron chi connectivity index (χ0n) is 10.5. The Hall–Kier alpha value is -0.780. The first-order valence-corrected chi connectivity index (χ1v) is 8.05. The van der Waals surface area contributed by atoms with E-state index in [4.69, 9.17) is 28.3 Å². The highest BCUT2D eigenvalue weighted by Gasteiger charge is 2.24. The molecule has 0 spiro atoms. The van der Waals surface area contributed by atoms with E-state index in [0.29, 0.717) is 6.42 Å². The van der Waals surface area contributed by atoms with E-state index in [0.717, 1.165) is 12.1 Å². The molecule has 0 radical (unpaired) electrons. The number of halogens is 2.